The fourth-order valence-corrected chi connectivity index (χ4v) is 3.90. The van der Waals surface area contributed by atoms with Crippen LogP contribution in [0.25, 0.3) is 22.4 Å². The lowest BCUT2D eigenvalue weighted by Crippen LogP contribution is -2.12. The van der Waals surface area contributed by atoms with Crippen molar-refractivity contribution in [3.05, 3.63) is 76.9 Å². The van der Waals surface area contributed by atoms with Gasteiger partial charge in [0, 0.05) is 16.3 Å². The summed E-state index contributed by atoms with van der Waals surface area (Å²) in [5.74, 6) is 1.99. The standard InChI is InChI=1S/C23H21N3O3S/c1-4-12-24-23-26(25-14-17-9-7-11-20(27-2)22(17)28-3)18(15-30-23)21-13-16-8-5-6-10-19(16)29-21/h4-11,13-15H,1,12H2,2-3H3. The van der Waals surface area contributed by atoms with Gasteiger partial charge in [-0.05, 0) is 24.3 Å². The highest BCUT2D eigenvalue weighted by molar-refractivity contribution is 7.07. The Balaban J connectivity index is 1.83. The fraction of sp³-hybridized carbons (Fsp3) is 0.130. The zero-order valence-corrected chi connectivity index (χ0v) is 17.6. The molecule has 0 amide bonds. The van der Waals surface area contributed by atoms with Crippen molar-refractivity contribution in [3.8, 4) is 23.0 Å². The lowest BCUT2D eigenvalue weighted by Gasteiger charge is -2.09. The molecule has 0 bridgehead atoms. The number of hydrogen-bond donors (Lipinski definition) is 0. The van der Waals surface area contributed by atoms with Crippen LogP contribution in [0.3, 0.4) is 0 Å². The first-order valence-electron chi connectivity index (χ1n) is 9.31. The van der Waals surface area contributed by atoms with Gasteiger partial charge in [-0.3, -0.25) is 4.99 Å². The van der Waals surface area contributed by atoms with E-state index in [1.807, 2.05) is 53.9 Å². The number of thiazole rings is 1. The highest BCUT2D eigenvalue weighted by Gasteiger charge is 2.13. The van der Waals surface area contributed by atoms with Gasteiger partial charge in [0.25, 0.3) is 0 Å². The van der Waals surface area contributed by atoms with Crippen molar-refractivity contribution in [2.45, 2.75) is 0 Å². The summed E-state index contributed by atoms with van der Waals surface area (Å²) in [5, 5.41) is 7.72. The van der Waals surface area contributed by atoms with Crippen LogP contribution < -0.4 is 14.3 Å². The van der Waals surface area contributed by atoms with Crippen LogP contribution in [0.4, 0.5) is 0 Å². The molecule has 4 aromatic rings. The maximum Gasteiger partial charge on any atom is 0.206 e. The van der Waals surface area contributed by atoms with E-state index < -0.39 is 0 Å². The van der Waals surface area contributed by atoms with Crippen molar-refractivity contribution in [2.75, 3.05) is 20.8 Å². The Morgan fingerprint density at radius 1 is 1.13 bits per heavy atom. The number of fused-ring (bicyclic) bond motifs is 1. The molecule has 2 heterocycles. The number of nitrogens with zero attached hydrogens (tertiary/aromatic N) is 3. The van der Waals surface area contributed by atoms with Crippen molar-refractivity contribution in [1.29, 1.82) is 0 Å². The summed E-state index contributed by atoms with van der Waals surface area (Å²) in [4.78, 5) is 5.30. The zero-order chi connectivity index (χ0) is 20.9. The zero-order valence-electron chi connectivity index (χ0n) is 16.7. The second-order valence-electron chi connectivity index (χ2n) is 6.32. The van der Waals surface area contributed by atoms with Gasteiger partial charge >= 0.3 is 0 Å². The van der Waals surface area contributed by atoms with Crippen molar-refractivity contribution < 1.29 is 13.9 Å². The lowest BCUT2D eigenvalue weighted by atomic mass is 10.2. The summed E-state index contributed by atoms with van der Waals surface area (Å²) in [5.41, 5.74) is 2.44. The predicted octanol–water partition coefficient (Wildman–Crippen LogP) is 4.95. The van der Waals surface area contributed by atoms with E-state index >= 15 is 0 Å². The van der Waals surface area contributed by atoms with Crippen molar-refractivity contribution >= 4 is 28.5 Å². The largest absolute Gasteiger partial charge is 0.493 e. The van der Waals surface area contributed by atoms with Crippen LogP contribution in [0.15, 0.2) is 81.1 Å². The first kappa shape index (κ1) is 19.7. The molecule has 0 saturated heterocycles. The molecule has 30 heavy (non-hydrogen) atoms. The number of hydrogen-bond acceptors (Lipinski definition) is 6. The number of rotatable bonds is 7. The van der Waals surface area contributed by atoms with E-state index in [4.69, 9.17) is 19.0 Å². The first-order chi connectivity index (χ1) is 14.7. The van der Waals surface area contributed by atoms with Crippen LogP contribution in [0.2, 0.25) is 0 Å². The third-order valence-corrected chi connectivity index (χ3v) is 5.32. The van der Waals surface area contributed by atoms with E-state index in [2.05, 4.69) is 11.6 Å². The van der Waals surface area contributed by atoms with Crippen LogP contribution in [0.5, 0.6) is 11.5 Å². The summed E-state index contributed by atoms with van der Waals surface area (Å²) in [7, 11) is 3.22. The molecule has 0 saturated carbocycles. The molecule has 2 aromatic heterocycles. The van der Waals surface area contributed by atoms with Crippen molar-refractivity contribution in [3.63, 3.8) is 0 Å². The molecular formula is C23H21N3O3S. The minimum atomic E-state index is 0.498. The predicted molar refractivity (Wildman–Crippen MR) is 121 cm³/mol. The second kappa shape index (κ2) is 8.84. The van der Waals surface area contributed by atoms with E-state index in [0.717, 1.165) is 32.8 Å². The maximum atomic E-state index is 6.05. The molecule has 0 radical (unpaired) electrons. The summed E-state index contributed by atoms with van der Waals surface area (Å²) in [6, 6.07) is 15.6. The van der Waals surface area contributed by atoms with E-state index in [1.165, 1.54) is 11.3 Å². The number of ether oxygens (including phenoxy) is 2. The second-order valence-corrected chi connectivity index (χ2v) is 7.16. The Hall–Kier alpha value is -3.58. The molecule has 0 fully saturated rings. The van der Waals surface area contributed by atoms with Gasteiger partial charge in [0.1, 0.15) is 11.3 Å². The van der Waals surface area contributed by atoms with Gasteiger partial charge in [-0.15, -0.1) is 17.9 Å². The summed E-state index contributed by atoms with van der Waals surface area (Å²) in [6.07, 6.45) is 3.48. The molecule has 0 aliphatic heterocycles. The van der Waals surface area contributed by atoms with Gasteiger partial charge in [0.05, 0.1) is 27.0 Å². The fourth-order valence-electron chi connectivity index (χ4n) is 3.07. The molecular weight excluding hydrogens is 398 g/mol. The molecule has 0 unspecified atom stereocenters. The van der Waals surface area contributed by atoms with Gasteiger partial charge in [0.2, 0.25) is 4.80 Å². The van der Waals surface area contributed by atoms with E-state index in [-0.39, 0.29) is 0 Å². The SMILES string of the molecule is C=CCN=c1scc(-c2cc3ccccc3o2)n1N=Cc1cccc(OC)c1OC. The highest BCUT2D eigenvalue weighted by atomic mass is 32.1. The van der Waals surface area contributed by atoms with Crippen LogP contribution in [-0.2, 0) is 0 Å². The minimum Gasteiger partial charge on any atom is -0.493 e. The number of aromatic nitrogens is 1. The Morgan fingerprint density at radius 2 is 2.00 bits per heavy atom. The highest BCUT2D eigenvalue weighted by Crippen LogP contribution is 2.30. The topological polar surface area (TPSA) is 61.2 Å². The molecule has 0 aliphatic rings. The third kappa shape index (κ3) is 3.79. The molecule has 0 N–H and O–H groups in total. The van der Waals surface area contributed by atoms with Crippen LogP contribution in [-0.4, -0.2) is 31.7 Å². The number of furan rings is 1. The van der Waals surface area contributed by atoms with Gasteiger partial charge in [-0.2, -0.15) is 5.10 Å². The minimum absolute atomic E-state index is 0.498. The first-order valence-corrected chi connectivity index (χ1v) is 10.2. The van der Waals surface area contributed by atoms with E-state index in [0.29, 0.717) is 18.0 Å². The molecule has 7 heteroatoms. The Bertz CT molecular complexity index is 1250. The lowest BCUT2D eigenvalue weighted by molar-refractivity contribution is 0.354. The van der Waals surface area contributed by atoms with E-state index in [9.17, 15) is 0 Å². The quantitative estimate of drug-likeness (QED) is 0.315. The van der Waals surface area contributed by atoms with Gasteiger partial charge in [0.15, 0.2) is 17.3 Å². The van der Waals surface area contributed by atoms with E-state index in [1.54, 1.807) is 31.2 Å². The average Bonchev–Trinajstić information content (AvgIpc) is 3.39. The summed E-state index contributed by atoms with van der Waals surface area (Å²) < 4.78 is 18.7. The van der Waals surface area contributed by atoms with Crippen molar-refractivity contribution in [1.82, 2.24) is 4.68 Å². The monoisotopic (exact) mass is 419 g/mol. The molecule has 0 spiro atoms. The molecule has 2 aromatic carbocycles. The number of benzene rings is 2. The average molecular weight is 420 g/mol. The van der Waals surface area contributed by atoms with Gasteiger partial charge < -0.3 is 13.9 Å². The van der Waals surface area contributed by atoms with Gasteiger partial charge in [-0.25, -0.2) is 4.68 Å². The van der Waals surface area contributed by atoms with Gasteiger partial charge in [-0.1, -0.05) is 30.3 Å². The van der Waals surface area contributed by atoms with Crippen LogP contribution >= 0.6 is 11.3 Å². The third-order valence-electron chi connectivity index (χ3n) is 4.46. The molecule has 0 atom stereocenters. The molecule has 6 nitrogen and oxygen atoms in total. The molecule has 4 rings (SSSR count). The smallest absolute Gasteiger partial charge is 0.206 e. The maximum absolute atomic E-state index is 6.05. The summed E-state index contributed by atoms with van der Waals surface area (Å²) in [6.45, 7) is 4.25. The summed E-state index contributed by atoms with van der Waals surface area (Å²) >= 11 is 1.49. The normalized spacial score (nSPS) is 12.0. The van der Waals surface area contributed by atoms with Crippen molar-refractivity contribution in [2.24, 2.45) is 10.1 Å². The molecule has 152 valence electrons. The Labute approximate surface area is 178 Å². The molecule has 0 aliphatic carbocycles. The Morgan fingerprint density at radius 3 is 2.77 bits per heavy atom. The van der Waals surface area contributed by atoms with Crippen LogP contribution in [0.1, 0.15) is 5.56 Å². The Kier molecular flexibility index (Phi) is 5.81. The van der Waals surface area contributed by atoms with Crippen LogP contribution in [0, 0.1) is 0 Å². The number of methoxy groups -OCH3 is 2. The number of para-hydroxylation sites is 2.